The molecular formula is C9H10BrN. The van der Waals surface area contributed by atoms with Crippen LogP contribution in [0.3, 0.4) is 0 Å². The van der Waals surface area contributed by atoms with Crippen molar-refractivity contribution in [1.82, 2.24) is 5.32 Å². The van der Waals surface area contributed by atoms with Crippen LogP contribution in [0.4, 0.5) is 0 Å². The van der Waals surface area contributed by atoms with Gasteiger partial charge in [-0.25, -0.2) is 0 Å². The van der Waals surface area contributed by atoms with Gasteiger partial charge in [-0.3, -0.25) is 0 Å². The Morgan fingerprint density at radius 2 is 2.36 bits per heavy atom. The van der Waals surface area contributed by atoms with Crippen LogP contribution in [0, 0.1) is 0 Å². The lowest BCUT2D eigenvalue weighted by Crippen LogP contribution is -2.06. The Balaban J connectivity index is 2.57. The number of benzene rings is 1. The average molecular weight is 212 g/mol. The minimum Gasteiger partial charge on any atom is -0.306 e. The molecule has 0 aromatic heterocycles. The minimum atomic E-state index is 0.516. The maximum absolute atomic E-state index is 3.53. The monoisotopic (exact) mass is 211 g/mol. The summed E-state index contributed by atoms with van der Waals surface area (Å²) in [6.07, 6.45) is 0. The van der Waals surface area contributed by atoms with Crippen LogP contribution in [0.2, 0.25) is 0 Å². The number of halogens is 1. The Kier molecular flexibility index (Phi) is 1.74. The molecule has 0 aliphatic carbocycles. The third-order valence-electron chi connectivity index (χ3n) is 2.21. The summed E-state index contributed by atoms with van der Waals surface area (Å²) < 4.78 is 1.23. The fourth-order valence-corrected chi connectivity index (χ4v) is 2.05. The quantitative estimate of drug-likeness (QED) is 0.696. The molecule has 1 unspecified atom stereocenters. The van der Waals surface area contributed by atoms with E-state index in [1.807, 2.05) is 0 Å². The van der Waals surface area contributed by atoms with Crippen LogP contribution < -0.4 is 5.32 Å². The largest absolute Gasteiger partial charge is 0.306 e. The lowest BCUT2D eigenvalue weighted by atomic mass is 10.1. The Labute approximate surface area is 74.9 Å². The van der Waals surface area contributed by atoms with E-state index in [2.05, 4.69) is 46.4 Å². The van der Waals surface area contributed by atoms with E-state index in [1.54, 1.807) is 0 Å². The van der Waals surface area contributed by atoms with Gasteiger partial charge in [0.15, 0.2) is 0 Å². The zero-order valence-corrected chi connectivity index (χ0v) is 7.98. The lowest BCUT2D eigenvalue weighted by Gasteiger charge is -2.03. The fraction of sp³-hybridized carbons (Fsp3) is 0.333. The summed E-state index contributed by atoms with van der Waals surface area (Å²) in [6.45, 7) is 3.19. The molecule has 2 rings (SSSR count). The van der Waals surface area contributed by atoms with E-state index in [0.29, 0.717) is 6.04 Å². The first-order valence-corrected chi connectivity index (χ1v) is 4.59. The summed E-state index contributed by atoms with van der Waals surface area (Å²) in [7, 11) is 0. The predicted molar refractivity (Wildman–Crippen MR) is 49.4 cm³/mol. The SMILES string of the molecule is CC1NCc2c(Br)cccc21. The van der Waals surface area contributed by atoms with Gasteiger partial charge in [-0.1, -0.05) is 28.1 Å². The van der Waals surface area contributed by atoms with Crippen molar-refractivity contribution in [2.75, 3.05) is 0 Å². The second-order valence-corrected chi connectivity index (χ2v) is 3.76. The van der Waals surface area contributed by atoms with Gasteiger partial charge < -0.3 is 5.32 Å². The highest BCUT2D eigenvalue weighted by molar-refractivity contribution is 9.10. The van der Waals surface area contributed by atoms with E-state index in [4.69, 9.17) is 0 Å². The summed E-state index contributed by atoms with van der Waals surface area (Å²) >= 11 is 3.53. The fourth-order valence-electron chi connectivity index (χ4n) is 1.53. The molecule has 2 heteroatoms. The first-order chi connectivity index (χ1) is 5.29. The van der Waals surface area contributed by atoms with E-state index < -0.39 is 0 Å². The average Bonchev–Trinajstić information content (AvgIpc) is 2.35. The Hall–Kier alpha value is -0.340. The molecule has 0 saturated heterocycles. The normalized spacial score (nSPS) is 21.8. The van der Waals surface area contributed by atoms with Crippen LogP contribution in [-0.4, -0.2) is 0 Å². The molecule has 1 aliphatic rings. The molecule has 0 radical (unpaired) electrons. The topological polar surface area (TPSA) is 12.0 Å². The van der Waals surface area contributed by atoms with Crippen molar-refractivity contribution >= 4 is 15.9 Å². The van der Waals surface area contributed by atoms with Crippen LogP contribution in [0.1, 0.15) is 24.1 Å². The van der Waals surface area contributed by atoms with Gasteiger partial charge in [-0.05, 0) is 24.1 Å². The van der Waals surface area contributed by atoms with E-state index in [0.717, 1.165) is 6.54 Å². The van der Waals surface area contributed by atoms with Crippen molar-refractivity contribution in [1.29, 1.82) is 0 Å². The van der Waals surface area contributed by atoms with Gasteiger partial charge in [0.25, 0.3) is 0 Å². The minimum absolute atomic E-state index is 0.516. The molecule has 0 fully saturated rings. The van der Waals surface area contributed by atoms with E-state index >= 15 is 0 Å². The van der Waals surface area contributed by atoms with Crippen molar-refractivity contribution in [3.63, 3.8) is 0 Å². The van der Waals surface area contributed by atoms with Gasteiger partial charge in [0.1, 0.15) is 0 Å². The molecule has 1 heterocycles. The third kappa shape index (κ3) is 1.10. The maximum atomic E-state index is 3.53. The molecule has 0 spiro atoms. The summed E-state index contributed by atoms with van der Waals surface area (Å²) in [4.78, 5) is 0. The van der Waals surface area contributed by atoms with Gasteiger partial charge >= 0.3 is 0 Å². The van der Waals surface area contributed by atoms with Crippen LogP contribution in [0.15, 0.2) is 22.7 Å². The summed E-state index contributed by atoms with van der Waals surface area (Å²) in [6, 6.07) is 6.89. The van der Waals surface area contributed by atoms with E-state index in [-0.39, 0.29) is 0 Å². The molecule has 58 valence electrons. The van der Waals surface area contributed by atoms with Crippen molar-refractivity contribution in [3.05, 3.63) is 33.8 Å². The van der Waals surface area contributed by atoms with Crippen molar-refractivity contribution in [2.45, 2.75) is 19.5 Å². The van der Waals surface area contributed by atoms with Crippen LogP contribution >= 0.6 is 15.9 Å². The Morgan fingerprint density at radius 1 is 1.55 bits per heavy atom. The standard InChI is InChI=1S/C9H10BrN/c1-6-7-3-2-4-9(10)8(7)5-11-6/h2-4,6,11H,5H2,1H3. The molecule has 1 aromatic carbocycles. The molecular weight excluding hydrogens is 202 g/mol. The molecule has 0 bridgehead atoms. The van der Waals surface area contributed by atoms with Gasteiger partial charge in [0, 0.05) is 17.1 Å². The first kappa shape index (κ1) is 7.32. The molecule has 1 N–H and O–H groups in total. The van der Waals surface area contributed by atoms with Gasteiger partial charge in [0.2, 0.25) is 0 Å². The second-order valence-electron chi connectivity index (χ2n) is 2.91. The Morgan fingerprint density at radius 3 is 3.09 bits per heavy atom. The summed E-state index contributed by atoms with van der Waals surface area (Å²) in [5.41, 5.74) is 2.85. The molecule has 0 saturated carbocycles. The van der Waals surface area contributed by atoms with Crippen molar-refractivity contribution in [2.24, 2.45) is 0 Å². The molecule has 1 aliphatic heterocycles. The lowest BCUT2D eigenvalue weighted by molar-refractivity contribution is 0.633. The summed E-state index contributed by atoms with van der Waals surface area (Å²) in [5.74, 6) is 0. The van der Waals surface area contributed by atoms with Crippen molar-refractivity contribution < 1.29 is 0 Å². The van der Waals surface area contributed by atoms with E-state index in [9.17, 15) is 0 Å². The molecule has 1 aromatic rings. The highest BCUT2D eigenvalue weighted by atomic mass is 79.9. The van der Waals surface area contributed by atoms with E-state index in [1.165, 1.54) is 15.6 Å². The highest BCUT2D eigenvalue weighted by Crippen LogP contribution is 2.30. The third-order valence-corrected chi connectivity index (χ3v) is 2.95. The zero-order valence-electron chi connectivity index (χ0n) is 6.39. The molecule has 1 nitrogen and oxygen atoms in total. The van der Waals surface area contributed by atoms with Crippen LogP contribution in [0.25, 0.3) is 0 Å². The smallest absolute Gasteiger partial charge is 0.0298 e. The molecule has 1 atom stereocenters. The van der Waals surface area contributed by atoms with Gasteiger partial charge in [0.05, 0.1) is 0 Å². The van der Waals surface area contributed by atoms with Gasteiger partial charge in [-0.2, -0.15) is 0 Å². The van der Waals surface area contributed by atoms with Gasteiger partial charge in [-0.15, -0.1) is 0 Å². The second kappa shape index (κ2) is 2.61. The highest BCUT2D eigenvalue weighted by Gasteiger charge is 2.18. The molecule has 11 heavy (non-hydrogen) atoms. The first-order valence-electron chi connectivity index (χ1n) is 3.79. The van der Waals surface area contributed by atoms with Crippen LogP contribution in [-0.2, 0) is 6.54 Å². The maximum Gasteiger partial charge on any atom is 0.0298 e. The molecule has 0 amide bonds. The predicted octanol–water partition coefficient (Wildman–Crippen LogP) is 2.61. The zero-order chi connectivity index (χ0) is 7.84. The number of hydrogen-bond donors (Lipinski definition) is 1. The summed E-state index contributed by atoms with van der Waals surface area (Å²) in [5, 5.41) is 3.40. The number of fused-ring (bicyclic) bond motifs is 1. The van der Waals surface area contributed by atoms with Crippen molar-refractivity contribution in [3.8, 4) is 0 Å². The van der Waals surface area contributed by atoms with Crippen LogP contribution in [0.5, 0.6) is 0 Å². The number of nitrogens with one attached hydrogen (secondary N) is 1. The number of hydrogen-bond acceptors (Lipinski definition) is 1. The number of rotatable bonds is 0. The Bertz CT molecular complexity index is 283.